The number of aryl methyl sites for hydroxylation is 1. The first-order valence-corrected chi connectivity index (χ1v) is 8.22. The number of halogens is 2. The van der Waals surface area contributed by atoms with Gasteiger partial charge in [0.2, 0.25) is 5.03 Å². The number of aromatic nitrogens is 3. The largest absolute Gasteiger partial charge is 0.263 e. The van der Waals surface area contributed by atoms with Crippen LogP contribution in [0.15, 0.2) is 9.63 Å². The Morgan fingerprint density at radius 3 is 2.50 bits per heavy atom. The van der Waals surface area contributed by atoms with E-state index in [1.165, 1.54) is 8.99 Å². The molecule has 0 N–H and O–H groups in total. The first-order chi connectivity index (χ1) is 8.32. The number of hydrogen-bond donors (Lipinski definition) is 0. The highest BCUT2D eigenvalue weighted by Gasteiger charge is 2.32. The van der Waals surface area contributed by atoms with E-state index in [9.17, 15) is 8.42 Å². The van der Waals surface area contributed by atoms with Crippen molar-refractivity contribution in [3.8, 4) is 0 Å². The first-order valence-electron chi connectivity index (χ1n) is 5.45. The van der Waals surface area contributed by atoms with Crippen LogP contribution in [-0.2, 0) is 17.1 Å². The molecule has 0 unspecified atom stereocenters. The number of rotatable bonds is 6. The Bertz CT molecular complexity index is 483. The molecule has 0 saturated carbocycles. The fraction of sp³-hybridized carbons (Fsp3) is 0.778. The van der Waals surface area contributed by atoms with Crippen molar-refractivity contribution < 1.29 is 8.42 Å². The third kappa shape index (κ3) is 3.23. The minimum absolute atomic E-state index is 0.0609. The summed E-state index contributed by atoms with van der Waals surface area (Å²) in [5, 5.41) is 7.46. The lowest BCUT2D eigenvalue weighted by Crippen LogP contribution is -2.38. The van der Waals surface area contributed by atoms with Crippen molar-refractivity contribution in [1.82, 2.24) is 19.3 Å². The van der Waals surface area contributed by atoms with E-state index in [1.54, 1.807) is 7.05 Å². The normalized spacial score (nSPS) is 12.6. The fourth-order valence-corrected chi connectivity index (χ4v) is 4.41. The molecule has 1 aromatic heterocycles. The average Bonchev–Trinajstić information content (AvgIpc) is 2.58. The summed E-state index contributed by atoms with van der Waals surface area (Å²) in [5.74, 6) is 0.420. The molecule has 0 aromatic carbocycles. The van der Waals surface area contributed by atoms with Crippen molar-refractivity contribution in [2.24, 2.45) is 7.05 Å². The molecule has 0 fully saturated rings. The molecule has 6 nitrogen and oxygen atoms in total. The van der Waals surface area contributed by atoms with Crippen LogP contribution in [0.25, 0.3) is 0 Å². The highest BCUT2D eigenvalue weighted by molar-refractivity contribution is 9.10. The van der Waals surface area contributed by atoms with Gasteiger partial charge in [0.05, 0.1) is 0 Å². The maximum absolute atomic E-state index is 12.5. The molecule has 18 heavy (non-hydrogen) atoms. The topological polar surface area (TPSA) is 68.1 Å². The number of hydrogen-bond acceptors (Lipinski definition) is 4. The van der Waals surface area contributed by atoms with E-state index >= 15 is 0 Å². The lowest BCUT2D eigenvalue weighted by Gasteiger charge is -2.25. The molecular weight excluding hydrogens is 344 g/mol. The summed E-state index contributed by atoms with van der Waals surface area (Å²) in [7, 11) is -2.08. The Balaban J connectivity index is 3.17. The van der Waals surface area contributed by atoms with Gasteiger partial charge in [-0.05, 0) is 36.2 Å². The summed E-state index contributed by atoms with van der Waals surface area (Å²) in [6.45, 7) is 4.02. The molecule has 104 valence electrons. The quantitative estimate of drug-likeness (QED) is 0.724. The maximum Gasteiger partial charge on any atom is 0.263 e. The zero-order valence-corrected chi connectivity index (χ0v) is 13.6. The van der Waals surface area contributed by atoms with E-state index in [0.29, 0.717) is 18.8 Å². The molecule has 0 aliphatic rings. The van der Waals surface area contributed by atoms with Crippen LogP contribution in [0.3, 0.4) is 0 Å². The second kappa shape index (κ2) is 6.31. The van der Waals surface area contributed by atoms with Crippen molar-refractivity contribution in [3.05, 3.63) is 4.60 Å². The van der Waals surface area contributed by atoms with Crippen molar-refractivity contribution in [1.29, 1.82) is 0 Å². The van der Waals surface area contributed by atoms with Gasteiger partial charge >= 0.3 is 0 Å². The zero-order chi connectivity index (χ0) is 13.9. The van der Waals surface area contributed by atoms with E-state index in [1.807, 2.05) is 13.8 Å². The number of nitrogens with zero attached hydrogens (tertiary/aromatic N) is 4. The van der Waals surface area contributed by atoms with Crippen molar-refractivity contribution in [2.75, 3.05) is 12.4 Å². The van der Waals surface area contributed by atoms with Crippen LogP contribution >= 0.6 is 27.5 Å². The molecule has 0 amide bonds. The monoisotopic (exact) mass is 358 g/mol. The molecule has 1 aromatic rings. The van der Waals surface area contributed by atoms with Gasteiger partial charge in [0.15, 0.2) is 4.60 Å². The van der Waals surface area contributed by atoms with E-state index in [-0.39, 0.29) is 15.7 Å². The zero-order valence-electron chi connectivity index (χ0n) is 10.5. The molecular formula is C9H16BrClN4O2S. The smallest absolute Gasteiger partial charge is 0.235 e. The van der Waals surface area contributed by atoms with Crippen LogP contribution in [0, 0.1) is 0 Å². The predicted molar refractivity (Wildman–Crippen MR) is 73.1 cm³/mol. The third-order valence-electron chi connectivity index (χ3n) is 2.38. The lowest BCUT2D eigenvalue weighted by atomic mass is 10.4. The van der Waals surface area contributed by atoms with Gasteiger partial charge in [-0.2, -0.15) is 4.31 Å². The van der Waals surface area contributed by atoms with Gasteiger partial charge in [0.1, 0.15) is 0 Å². The second-order valence-corrected chi connectivity index (χ2v) is 7.00. The third-order valence-corrected chi connectivity index (χ3v) is 5.61. The Labute approximate surface area is 120 Å². The highest BCUT2D eigenvalue weighted by atomic mass is 79.9. The Hall–Kier alpha value is -0.180. The molecule has 1 heterocycles. The molecule has 0 bridgehead atoms. The molecule has 9 heteroatoms. The molecule has 0 atom stereocenters. The summed E-state index contributed by atoms with van der Waals surface area (Å²) in [6, 6.07) is -0.153. The van der Waals surface area contributed by atoms with Crippen molar-refractivity contribution >= 4 is 37.6 Å². The van der Waals surface area contributed by atoms with Gasteiger partial charge in [0, 0.05) is 25.5 Å². The lowest BCUT2D eigenvalue weighted by molar-refractivity contribution is 0.351. The van der Waals surface area contributed by atoms with Crippen LogP contribution in [-0.4, -0.2) is 46.2 Å². The Morgan fingerprint density at radius 1 is 1.50 bits per heavy atom. The van der Waals surface area contributed by atoms with Crippen molar-refractivity contribution in [2.45, 2.75) is 31.3 Å². The SMILES string of the molecule is CC(C)N(CCCCl)S(=O)(=O)c1c(Br)nnn1C. The minimum Gasteiger partial charge on any atom is -0.235 e. The van der Waals surface area contributed by atoms with Crippen LogP contribution in [0.4, 0.5) is 0 Å². The van der Waals surface area contributed by atoms with Gasteiger partial charge in [-0.25, -0.2) is 13.1 Å². The summed E-state index contributed by atoms with van der Waals surface area (Å²) < 4.78 is 27.9. The van der Waals surface area contributed by atoms with Crippen LogP contribution in [0.5, 0.6) is 0 Å². The standard InChI is InChI=1S/C9H16BrClN4O2S/c1-7(2)15(6-4-5-11)18(16,17)9-8(10)12-13-14(9)3/h7H,4-6H2,1-3H3. The van der Waals surface area contributed by atoms with Gasteiger partial charge in [-0.15, -0.1) is 16.7 Å². The van der Waals surface area contributed by atoms with E-state index < -0.39 is 10.0 Å². The summed E-state index contributed by atoms with van der Waals surface area (Å²) in [6.07, 6.45) is 0.599. The van der Waals surface area contributed by atoms with Crippen LogP contribution in [0.1, 0.15) is 20.3 Å². The van der Waals surface area contributed by atoms with E-state index in [2.05, 4.69) is 26.2 Å². The molecule has 0 spiro atoms. The highest BCUT2D eigenvalue weighted by Crippen LogP contribution is 2.23. The minimum atomic E-state index is -3.62. The fourth-order valence-electron chi connectivity index (χ4n) is 1.58. The van der Waals surface area contributed by atoms with Gasteiger partial charge < -0.3 is 0 Å². The molecule has 0 aliphatic heterocycles. The van der Waals surface area contributed by atoms with E-state index in [0.717, 1.165) is 0 Å². The predicted octanol–water partition coefficient (Wildman–Crippen LogP) is 1.61. The first kappa shape index (κ1) is 15.9. The second-order valence-electron chi connectivity index (χ2n) is 4.06. The maximum atomic E-state index is 12.5. The molecule has 0 aliphatic carbocycles. The Kier molecular flexibility index (Phi) is 5.57. The number of sulfonamides is 1. The molecule has 1 rings (SSSR count). The Morgan fingerprint density at radius 2 is 2.11 bits per heavy atom. The molecule has 0 radical (unpaired) electrons. The van der Waals surface area contributed by atoms with Gasteiger partial charge in [-0.3, -0.25) is 0 Å². The average molecular weight is 360 g/mol. The van der Waals surface area contributed by atoms with Gasteiger partial charge in [-0.1, -0.05) is 5.21 Å². The van der Waals surface area contributed by atoms with E-state index in [4.69, 9.17) is 11.6 Å². The van der Waals surface area contributed by atoms with Crippen LogP contribution < -0.4 is 0 Å². The van der Waals surface area contributed by atoms with Crippen LogP contribution in [0.2, 0.25) is 0 Å². The number of alkyl halides is 1. The summed E-state index contributed by atoms with van der Waals surface area (Å²) in [5.41, 5.74) is 0. The van der Waals surface area contributed by atoms with Gasteiger partial charge in [0.25, 0.3) is 10.0 Å². The summed E-state index contributed by atoms with van der Waals surface area (Å²) >= 11 is 8.74. The molecule has 0 saturated heterocycles. The van der Waals surface area contributed by atoms with Crippen molar-refractivity contribution in [3.63, 3.8) is 0 Å². The summed E-state index contributed by atoms with van der Waals surface area (Å²) in [4.78, 5) is 0.